The van der Waals surface area contributed by atoms with Crippen molar-refractivity contribution in [3.8, 4) is 0 Å². The summed E-state index contributed by atoms with van der Waals surface area (Å²) in [5.74, 6) is 0.0251. The van der Waals surface area contributed by atoms with Gasteiger partial charge in [-0.25, -0.2) is 0 Å². The molecule has 0 unspecified atom stereocenters. The Morgan fingerprint density at radius 3 is 2.53 bits per heavy atom. The van der Waals surface area contributed by atoms with E-state index in [1.165, 1.54) is 6.42 Å². The number of rotatable bonds is 6. The van der Waals surface area contributed by atoms with E-state index < -0.39 is 5.60 Å². The maximum absolute atomic E-state index is 11.5. The second kappa shape index (κ2) is 6.97. The second-order valence-corrected chi connectivity index (χ2v) is 5.42. The van der Waals surface area contributed by atoms with Crippen molar-refractivity contribution < 1.29 is 9.90 Å². The van der Waals surface area contributed by atoms with E-state index in [1.807, 2.05) is 0 Å². The molecule has 3 N–H and O–H groups in total. The maximum Gasteiger partial charge on any atom is 0.221 e. The summed E-state index contributed by atoms with van der Waals surface area (Å²) in [6.07, 6.45) is 5.46. The zero-order valence-electron chi connectivity index (χ0n) is 11.1. The largest absolute Gasteiger partial charge is 0.388 e. The minimum absolute atomic E-state index is 0.0251. The highest BCUT2D eigenvalue weighted by Crippen LogP contribution is 2.27. The van der Waals surface area contributed by atoms with Crippen LogP contribution in [-0.2, 0) is 4.79 Å². The Balaban J connectivity index is 2.14. The van der Waals surface area contributed by atoms with Gasteiger partial charge < -0.3 is 15.7 Å². The van der Waals surface area contributed by atoms with Crippen LogP contribution >= 0.6 is 0 Å². The summed E-state index contributed by atoms with van der Waals surface area (Å²) in [5, 5.41) is 16.2. The fraction of sp³-hybridized carbons (Fsp3) is 0.923. The third kappa shape index (κ3) is 6.03. The van der Waals surface area contributed by atoms with E-state index in [4.69, 9.17) is 0 Å². The lowest BCUT2D eigenvalue weighted by molar-refractivity contribution is -0.122. The van der Waals surface area contributed by atoms with Crippen molar-refractivity contribution in [2.45, 2.75) is 64.0 Å². The first kappa shape index (κ1) is 14.5. The van der Waals surface area contributed by atoms with Gasteiger partial charge >= 0.3 is 0 Å². The number of nitrogens with one attached hydrogen (secondary N) is 2. The van der Waals surface area contributed by atoms with Gasteiger partial charge in [-0.15, -0.1) is 0 Å². The lowest BCUT2D eigenvalue weighted by Gasteiger charge is -2.32. The first-order valence-electron chi connectivity index (χ1n) is 6.74. The fourth-order valence-electron chi connectivity index (χ4n) is 2.21. The van der Waals surface area contributed by atoms with E-state index in [-0.39, 0.29) is 5.91 Å². The molecule has 1 aliphatic rings. The van der Waals surface area contributed by atoms with Crippen LogP contribution in [0.2, 0.25) is 0 Å². The number of aliphatic hydroxyl groups is 1. The van der Waals surface area contributed by atoms with Crippen LogP contribution in [0.15, 0.2) is 0 Å². The average molecular weight is 242 g/mol. The molecule has 1 saturated carbocycles. The third-order valence-electron chi connectivity index (χ3n) is 3.30. The summed E-state index contributed by atoms with van der Waals surface area (Å²) < 4.78 is 0. The van der Waals surface area contributed by atoms with E-state index >= 15 is 0 Å². The summed E-state index contributed by atoms with van der Waals surface area (Å²) in [7, 11) is 0. The molecule has 0 radical (unpaired) electrons. The van der Waals surface area contributed by atoms with Gasteiger partial charge in [0.05, 0.1) is 5.60 Å². The van der Waals surface area contributed by atoms with Gasteiger partial charge in [0.25, 0.3) is 0 Å². The number of carbonyl (C=O) groups excluding carboxylic acids is 1. The maximum atomic E-state index is 11.5. The highest BCUT2D eigenvalue weighted by Gasteiger charge is 2.29. The Bertz CT molecular complexity index is 236. The zero-order chi connectivity index (χ0) is 12.7. The molecule has 0 aromatic carbocycles. The van der Waals surface area contributed by atoms with Crippen LogP contribution < -0.4 is 10.6 Å². The summed E-state index contributed by atoms with van der Waals surface area (Å²) in [6, 6.07) is 0.408. The molecule has 1 rings (SSSR count). The Labute approximate surface area is 104 Å². The quantitative estimate of drug-likeness (QED) is 0.655. The van der Waals surface area contributed by atoms with Crippen molar-refractivity contribution >= 4 is 5.91 Å². The minimum atomic E-state index is -0.653. The molecule has 0 atom stereocenters. The lowest BCUT2D eigenvalue weighted by atomic mass is 9.85. The molecule has 100 valence electrons. The molecule has 1 amide bonds. The highest BCUT2D eigenvalue weighted by molar-refractivity contribution is 5.76. The van der Waals surface area contributed by atoms with E-state index in [0.717, 1.165) is 25.7 Å². The van der Waals surface area contributed by atoms with Gasteiger partial charge in [0.2, 0.25) is 5.91 Å². The molecule has 4 heteroatoms. The van der Waals surface area contributed by atoms with Gasteiger partial charge in [-0.05, 0) is 12.8 Å². The van der Waals surface area contributed by atoms with Gasteiger partial charge in [-0.1, -0.05) is 33.1 Å². The van der Waals surface area contributed by atoms with Crippen LogP contribution in [0, 0.1) is 0 Å². The van der Waals surface area contributed by atoms with Crippen molar-refractivity contribution in [2.24, 2.45) is 0 Å². The molecule has 0 bridgehead atoms. The molecule has 0 aromatic rings. The summed E-state index contributed by atoms with van der Waals surface area (Å²) in [4.78, 5) is 11.5. The van der Waals surface area contributed by atoms with Gasteiger partial charge in [-0.3, -0.25) is 4.79 Å². The van der Waals surface area contributed by atoms with Crippen molar-refractivity contribution in [3.05, 3.63) is 0 Å². The van der Waals surface area contributed by atoms with Gasteiger partial charge in [-0.2, -0.15) is 0 Å². The molecule has 0 aliphatic heterocycles. The molecule has 0 saturated heterocycles. The van der Waals surface area contributed by atoms with E-state index in [0.29, 0.717) is 25.6 Å². The van der Waals surface area contributed by atoms with Gasteiger partial charge in [0.15, 0.2) is 0 Å². The fourth-order valence-corrected chi connectivity index (χ4v) is 2.21. The second-order valence-electron chi connectivity index (χ2n) is 5.42. The van der Waals surface area contributed by atoms with Crippen LogP contribution in [-0.4, -0.2) is 35.7 Å². The monoisotopic (exact) mass is 242 g/mol. The number of amides is 1. The van der Waals surface area contributed by atoms with Crippen LogP contribution in [0.25, 0.3) is 0 Å². The van der Waals surface area contributed by atoms with Crippen molar-refractivity contribution in [3.63, 3.8) is 0 Å². The molecular formula is C13H26N2O2. The van der Waals surface area contributed by atoms with Crippen LogP contribution in [0.4, 0.5) is 0 Å². The summed E-state index contributed by atoms with van der Waals surface area (Å²) in [5.41, 5.74) is -0.653. The van der Waals surface area contributed by atoms with Crippen LogP contribution in [0.1, 0.15) is 52.4 Å². The standard InChI is InChI=1S/C13H26N2O2/c1-11(2)14-9-6-12(16)15-10-13(17)7-4-3-5-8-13/h11,14,17H,3-10H2,1-2H3,(H,15,16). The van der Waals surface area contributed by atoms with Crippen molar-refractivity contribution in [1.82, 2.24) is 10.6 Å². The Kier molecular flexibility index (Phi) is 5.92. The molecular weight excluding hydrogens is 216 g/mol. The van der Waals surface area contributed by atoms with Gasteiger partial charge in [0.1, 0.15) is 0 Å². The molecule has 0 spiro atoms. The highest BCUT2D eigenvalue weighted by atomic mass is 16.3. The summed E-state index contributed by atoms with van der Waals surface area (Å²) >= 11 is 0. The number of hydrogen-bond acceptors (Lipinski definition) is 3. The van der Waals surface area contributed by atoms with Crippen molar-refractivity contribution in [2.75, 3.05) is 13.1 Å². The molecule has 1 fully saturated rings. The predicted octanol–water partition coefficient (Wildman–Crippen LogP) is 1.19. The molecule has 0 aromatic heterocycles. The normalized spacial score (nSPS) is 19.3. The van der Waals surface area contributed by atoms with Gasteiger partial charge in [0, 0.05) is 25.6 Å². The minimum Gasteiger partial charge on any atom is -0.388 e. The molecule has 17 heavy (non-hydrogen) atoms. The smallest absolute Gasteiger partial charge is 0.221 e. The van der Waals surface area contributed by atoms with E-state index in [9.17, 15) is 9.90 Å². The van der Waals surface area contributed by atoms with E-state index in [2.05, 4.69) is 24.5 Å². The predicted molar refractivity (Wildman–Crippen MR) is 68.8 cm³/mol. The zero-order valence-corrected chi connectivity index (χ0v) is 11.1. The molecule has 1 aliphatic carbocycles. The topological polar surface area (TPSA) is 61.4 Å². The number of hydrogen-bond donors (Lipinski definition) is 3. The SMILES string of the molecule is CC(C)NCCC(=O)NCC1(O)CCCCC1. The van der Waals surface area contributed by atoms with Crippen LogP contribution in [0.3, 0.4) is 0 Å². The number of carbonyl (C=O) groups is 1. The third-order valence-corrected chi connectivity index (χ3v) is 3.30. The Morgan fingerprint density at radius 2 is 1.94 bits per heavy atom. The molecule has 0 heterocycles. The van der Waals surface area contributed by atoms with Crippen molar-refractivity contribution in [1.29, 1.82) is 0 Å². The Hall–Kier alpha value is -0.610. The first-order chi connectivity index (χ1) is 8.02. The summed E-state index contributed by atoms with van der Waals surface area (Å²) in [6.45, 7) is 5.22. The first-order valence-corrected chi connectivity index (χ1v) is 6.74. The molecule has 4 nitrogen and oxygen atoms in total. The van der Waals surface area contributed by atoms with E-state index in [1.54, 1.807) is 0 Å². The Morgan fingerprint density at radius 1 is 1.29 bits per heavy atom. The lowest BCUT2D eigenvalue weighted by Crippen LogP contribution is -2.44. The average Bonchev–Trinajstić information content (AvgIpc) is 2.27. The van der Waals surface area contributed by atoms with Crippen LogP contribution in [0.5, 0.6) is 0 Å².